The van der Waals surface area contributed by atoms with Gasteiger partial charge in [0.15, 0.2) is 11.6 Å². The average molecular weight is 222 g/mol. The van der Waals surface area contributed by atoms with Gasteiger partial charge in [0.25, 0.3) is 0 Å². The monoisotopic (exact) mass is 222 g/mol. The van der Waals surface area contributed by atoms with Crippen LogP contribution in [0.25, 0.3) is 0 Å². The highest BCUT2D eigenvalue weighted by atomic mass is 31.1. The topological polar surface area (TPSA) is 69.7 Å². The Morgan fingerprint density at radius 2 is 1.36 bits per heavy atom. The number of rotatable bonds is 8. The molecule has 0 unspecified atom stereocenters. The molecule has 0 aromatic carbocycles. The maximum atomic E-state index is 10.9. The first-order valence-corrected chi connectivity index (χ1v) is 5.65. The molecule has 0 atom stereocenters. The highest BCUT2D eigenvalue weighted by Gasteiger charge is 2.06. The Kier molecular flexibility index (Phi) is 7.57. The fraction of sp³-hybridized carbons (Fsp3) is 0.750. The molecular weight excluding hydrogens is 207 g/mol. The summed E-state index contributed by atoms with van der Waals surface area (Å²) in [5, 5.41) is 0. The zero-order chi connectivity index (χ0) is 11.0. The maximum Gasteiger partial charge on any atom is 0.319 e. The summed E-state index contributed by atoms with van der Waals surface area (Å²) in [5.74, 6) is -0.289. The standard InChI is InChI=1S/C8H15O5P/c1-3-7(9)5-12-14(11)13-6-8(10)4-2/h14H,3-6H2,1-2H3. The number of ketones is 2. The molecule has 0 aromatic heterocycles. The van der Waals surface area contributed by atoms with Crippen LogP contribution in [0.1, 0.15) is 26.7 Å². The van der Waals surface area contributed by atoms with Crippen LogP contribution in [0.5, 0.6) is 0 Å². The van der Waals surface area contributed by atoms with Gasteiger partial charge in [-0.1, -0.05) is 13.8 Å². The van der Waals surface area contributed by atoms with Gasteiger partial charge in [-0.05, 0) is 0 Å². The van der Waals surface area contributed by atoms with Crippen molar-refractivity contribution in [2.75, 3.05) is 13.2 Å². The summed E-state index contributed by atoms with van der Waals surface area (Å²) in [6.07, 6.45) is 0.673. The predicted molar refractivity (Wildman–Crippen MR) is 51.5 cm³/mol. The minimum atomic E-state index is -2.69. The van der Waals surface area contributed by atoms with Crippen LogP contribution >= 0.6 is 8.25 Å². The Morgan fingerprint density at radius 3 is 1.64 bits per heavy atom. The molecule has 0 rings (SSSR count). The SMILES string of the molecule is CCC(=O)CO[PH](=O)OCC(=O)CC. The van der Waals surface area contributed by atoms with Gasteiger partial charge in [0.2, 0.25) is 0 Å². The number of Topliss-reactive ketones (excluding diaryl/α,β-unsaturated/α-hetero) is 2. The minimum absolute atomic E-state index is 0.145. The third-order valence-electron chi connectivity index (χ3n) is 1.49. The van der Waals surface area contributed by atoms with Crippen LogP contribution in [-0.2, 0) is 23.2 Å². The van der Waals surface area contributed by atoms with Crippen molar-refractivity contribution in [3.05, 3.63) is 0 Å². The van der Waals surface area contributed by atoms with E-state index in [1.165, 1.54) is 0 Å². The Hall–Kier alpha value is -0.510. The molecule has 0 aliphatic rings. The molecule has 0 aliphatic carbocycles. The van der Waals surface area contributed by atoms with Gasteiger partial charge in [0.1, 0.15) is 13.2 Å². The number of hydrogen-bond acceptors (Lipinski definition) is 5. The van der Waals surface area contributed by atoms with Gasteiger partial charge in [-0.3, -0.25) is 14.2 Å². The first kappa shape index (κ1) is 13.5. The molecule has 0 fully saturated rings. The normalized spacial score (nSPS) is 10.5. The molecule has 0 amide bonds. The molecule has 5 nitrogen and oxygen atoms in total. The summed E-state index contributed by atoms with van der Waals surface area (Å²) in [4.78, 5) is 21.5. The van der Waals surface area contributed by atoms with Crippen LogP contribution in [0, 0.1) is 0 Å². The Balaban J connectivity index is 3.56. The highest BCUT2D eigenvalue weighted by Crippen LogP contribution is 2.23. The van der Waals surface area contributed by atoms with Crippen LogP contribution in [0.15, 0.2) is 0 Å². The lowest BCUT2D eigenvalue weighted by atomic mass is 10.3. The Labute approximate surface area is 83.7 Å². The van der Waals surface area contributed by atoms with E-state index in [0.717, 1.165) is 0 Å². The van der Waals surface area contributed by atoms with E-state index in [0.29, 0.717) is 12.8 Å². The predicted octanol–water partition coefficient (Wildman–Crippen LogP) is 1.37. The van der Waals surface area contributed by atoms with E-state index in [9.17, 15) is 14.2 Å². The van der Waals surface area contributed by atoms with Crippen molar-refractivity contribution >= 4 is 19.8 Å². The lowest BCUT2D eigenvalue weighted by Gasteiger charge is -2.02. The molecule has 0 radical (unpaired) electrons. The van der Waals surface area contributed by atoms with E-state index in [4.69, 9.17) is 0 Å². The van der Waals surface area contributed by atoms with Crippen molar-refractivity contribution < 1.29 is 23.2 Å². The van der Waals surface area contributed by atoms with Gasteiger partial charge in [0, 0.05) is 12.8 Å². The van der Waals surface area contributed by atoms with Crippen LogP contribution in [0.4, 0.5) is 0 Å². The minimum Gasteiger partial charge on any atom is -0.303 e. The van der Waals surface area contributed by atoms with E-state index in [-0.39, 0.29) is 24.8 Å². The Bertz CT molecular complexity index is 204. The van der Waals surface area contributed by atoms with Gasteiger partial charge in [0.05, 0.1) is 0 Å². The smallest absolute Gasteiger partial charge is 0.303 e. The first-order chi connectivity index (χ1) is 6.60. The van der Waals surface area contributed by atoms with Gasteiger partial charge in [-0.2, -0.15) is 0 Å². The molecule has 0 aromatic rings. The van der Waals surface area contributed by atoms with Gasteiger partial charge >= 0.3 is 8.25 Å². The molecule has 0 heterocycles. The molecule has 82 valence electrons. The second-order valence-electron chi connectivity index (χ2n) is 2.61. The van der Waals surface area contributed by atoms with Gasteiger partial charge in [-0.15, -0.1) is 0 Å². The van der Waals surface area contributed by atoms with E-state index >= 15 is 0 Å². The second kappa shape index (κ2) is 7.85. The van der Waals surface area contributed by atoms with Crippen LogP contribution in [0.3, 0.4) is 0 Å². The number of carbonyl (C=O) groups excluding carboxylic acids is 2. The zero-order valence-electron chi connectivity index (χ0n) is 8.37. The summed E-state index contributed by atoms with van der Waals surface area (Å²) in [6, 6.07) is 0. The van der Waals surface area contributed by atoms with Crippen molar-refractivity contribution in [2.24, 2.45) is 0 Å². The molecular formula is C8H15O5P. The van der Waals surface area contributed by atoms with Crippen molar-refractivity contribution in [3.8, 4) is 0 Å². The van der Waals surface area contributed by atoms with Crippen LogP contribution in [0.2, 0.25) is 0 Å². The third-order valence-corrected chi connectivity index (χ3v) is 2.25. The van der Waals surface area contributed by atoms with Crippen molar-refractivity contribution in [2.45, 2.75) is 26.7 Å². The average Bonchev–Trinajstić information content (AvgIpc) is 2.22. The summed E-state index contributed by atoms with van der Waals surface area (Å²) in [6.45, 7) is 2.94. The van der Waals surface area contributed by atoms with Crippen LogP contribution in [-0.4, -0.2) is 24.8 Å². The van der Waals surface area contributed by atoms with Gasteiger partial charge in [-0.25, -0.2) is 0 Å². The zero-order valence-corrected chi connectivity index (χ0v) is 9.37. The second-order valence-corrected chi connectivity index (χ2v) is 3.69. The quantitative estimate of drug-likeness (QED) is 0.580. The van der Waals surface area contributed by atoms with E-state index in [2.05, 4.69) is 9.05 Å². The molecule has 14 heavy (non-hydrogen) atoms. The summed E-state index contributed by atoms with van der Waals surface area (Å²) < 4.78 is 20.1. The summed E-state index contributed by atoms with van der Waals surface area (Å²) in [5.41, 5.74) is 0. The lowest BCUT2D eigenvalue weighted by molar-refractivity contribution is -0.121. The van der Waals surface area contributed by atoms with E-state index in [1.54, 1.807) is 13.8 Å². The van der Waals surface area contributed by atoms with Crippen molar-refractivity contribution in [3.63, 3.8) is 0 Å². The fourth-order valence-electron chi connectivity index (χ4n) is 0.525. The highest BCUT2D eigenvalue weighted by molar-refractivity contribution is 7.33. The van der Waals surface area contributed by atoms with Crippen LogP contribution < -0.4 is 0 Å². The van der Waals surface area contributed by atoms with Crippen molar-refractivity contribution in [1.29, 1.82) is 0 Å². The summed E-state index contributed by atoms with van der Waals surface area (Å²) in [7, 11) is -2.69. The third kappa shape index (κ3) is 6.95. The lowest BCUT2D eigenvalue weighted by Crippen LogP contribution is -2.06. The van der Waals surface area contributed by atoms with E-state index in [1.807, 2.05) is 0 Å². The molecule has 0 saturated carbocycles. The molecule has 0 spiro atoms. The maximum absolute atomic E-state index is 10.9. The van der Waals surface area contributed by atoms with Crippen molar-refractivity contribution in [1.82, 2.24) is 0 Å². The summed E-state index contributed by atoms with van der Waals surface area (Å²) >= 11 is 0. The molecule has 6 heteroatoms. The Morgan fingerprint density at radius 1 is 1.00 bits per heavy atom. The molecule has 0 saturated heterocycles. The largest absolute Gasteiger partial charge is 0.319 e. The first-order valence-electron chi connectivity index (χ1n) is 4.43. The fourth-order valence-corrected chi connectivity index (χ4v) is 1.17. The molecule has 0 bridgehead atoms. The number of carbonyl (C=O) groups is 2. The molecule has 0 N–H and O–H groups in total. The number of hydrogen-bond donors (Lipinski definition) is 0. The van der Waals surface area contributed by atoms with E-state index < -0.39 is 8.25 Å². The van der Waals surface area contributed by atoms with Gasteiger partial charge < -0.3 is 9.05 Å². The molecule has 0 aliphatic heterocycles.